The van der Waals surface area contributed by atoms with Gasteiger partial charge in [0.25, 0.3) is 0 Å². The second-order valence-electron chi connectivity index (χ2n) is 18.8. The van der Waals surface area contributed by atoms with Crippen molar-refractivity contribution in [1.29, 1.82) is 0 Å². The fourth-order valence-electron chi connectivity index (χ4n) is 8.91. The van der Waals surface area contributed by atoms with Gasteiger partial charge in [-0.15, -0.1) is 59.7 Å². The first kappa shape index (κ1) is 44.9. The third-order valence-electron chi connectivity index (χ3n) is 12.1. The first-order chi connectivity index (χ1) is 31.5. The van der Waals surface area contributed by atoms with Gasteiger partial charge in [0.05, 0.1) is 30.5 Å². The van der Waals surface area contributed by atoms with E-state index in [-0.39, 0.29) is 20.1 Å². The number of nitrogens with zero attached hydrogens (tertiary/aromatic N) is 4. The predicted molar refractivity (Wildman–Crippen MR) is 275 cm³/mol. The van der Waals surface area contributed by atoms with Gasteiger partial charge in [-0.1, -0.05) is 136 Å². The van der Waals surface area contributed by atoms with Crippen LogP contribution in [0, 0.1) is 32.9 Å². The topological polar surface area (TPSA) is 56.7 Å². The Kier molecular flexibility index (Phi) is 12.9. The molecule has 4 heterocycles. The first-order valence-electron chi connectivity index (χ1n) is 23.0. The third kappa shape index (κ3) is 9.26. The molecule has 4 aromatic heterocycles. The molecule has 0 atom stereocenters. The van der Waals surface area contributed by atoms with Crippen molar-refractivity contribution >= 4 is 46.4 Å². The summed E-state index contributed by atoms with van der Waals surface area (Å²) in [6, 6.07) is 55.6. The van der Waals surface area contributed by atoms with Crippen LogP contribution in [0.25, 0.3) is 83.7 Å². The van der Waals surface area contributed by atoms with E-state index < -0.39 is 14.0 Å². The second-order valence-corrected chi connectivity index (χ2v) is 23.8. The van der Waals surface area contributed by atoms with Crippen LogP contribution in [0.4, 0.5) is 0 Å². The van der Waals surface area contributed by atoms with Crippen molar-refractivity contribution in [2.45, 2.75) is 79.9 Å². The van der Waals surface area contributed by atoms with Crippen molar-refractivity contribution in [2.24, 2.45) is 0 Å². The molecule has 0 N–H and O–H groups in total. The molecule has 0 amide bonds. The van der Waals surface area contributed by atoms with Crippen molar-refractivity contribution in [3.8, 4) is 50.6 Å². The van der Waals surface area contributed by atoms with Gasteiger partial charge in [0.2, 0.25) is 5.71 Å². The van der Waals surface area contributed by atoms with Crippen molar-refractivity contribution in [3.63, 3.8) is 0 Å². The Labute approximate surface area is 405 Å². The maximum atomic E-state index is 8.65. The second kappa shape index (κ2) is 18.9. The minimum absolute atomic E-state index is 0. The minimum Gasteiger partial charge on any atom is -0.486 e. The SMILES string of the molecule is Cc1cc(C)cc(-c2cc(-c3ccccc3)c(-n3c(-c4[c-]cccc4)nc4ccccc43)c(C(C)C)c2)c1.[2H]C(C)(C)c1cc(-c2[c-]cc3oc4nc(C)ccc4c3c2)ncc1[Si](C)(C)C.[Ir]. The van der Waals surface area contributed by atoms with Crippen LogP contribution in [0.5, 0.6) is 0 Å². The first-order valence-corrected chi connectivity index (χ1v) is 26.0. The summed E-state index contributed by atoms with van der Waals surface area (Å²) in [5, 5.41) is 3.25. The number of aromatic nitrogens is 4. The number of fused-ring (bicyclic) bond motifs is 4. The summed E-state index contributed by atoms with van der Waals surface area (Å²) in [5.74, 6) is 0.526. The van der Waals surface area contributed by atoms with E-state index >= 15 is 0 Å². The monoisotopic (exact) mass is 1060 g/mol. The molecule has 0 aliphatic rings. The molecule has 66 heavy (non-hydrogen) atoms. The summed E-state index contributed by atoms with van der Waals surface area (Å²) in [5.41, 5.74) is 18.1. The molecule has 1 radical (unpaired) electrons. The zero-order chi connectivity index (χ0) is 46.5. The van der Waals surface area contributed by atoms with Gasteiger partial charge in [-0.2, -0.15) is 0 Å². The van der Waals surface area contributed by atoms with E-state index in [2.05, 4.69) is 178 Å². The van der Waals surface area contributed by atoms with Gasteiger partial charge in [-0.05, 0) is 102 Å². The molecule has 0 saturated heterocycles. The molecule has 7 heteroatoms. The average Bonchev–Trinajstić information content (AvgIpc) is 3.86. The number of benzene rings is 6. The Morgan fingerprint density at radius 2 is 1.38 bits per heavy atom. The van der Waals surface area contributed by atoms with Gasteiger partial charge in [0.1, 0.15) is 0 Å². The smallest absolute Gasteiger partial charge is 0.216 e. The molecule has 0 bridgehead atoms. The van der Waals surface area contributed by atoms with Crippen LogP contribution in [0.2, 0.25) is 19.6 Å². The summed E-state index contributed by atoms with van der Waals surface area (Å²) in [7, 11) is -1.60. The van der Waals surface area contributed by atoms with Crippen molar-refractivity contribution < 1.29 is 25.9 Å². The molecule has 10 rings (SSSR count). The number of imidazole rings is 1. The summed E-state index contributed by atoms with van der Waals surface area (Å²) >= 11 is 0. The maximum absolute atomic E-state index is 8.65. The molecular formula is C59H56IrN4OSi-2. The minimum atomic E-state index is -1.60. The van der Waals surface area contributed by atoms with Crippen LogP contribution >= 0.6 is 0 Å². The van der Waals surface area contributed by atoms with Crippen molar-refractivity contribution in [1.82, 2.24) is 19.5 Å². The molecule has 5 nitrogen and oxygen atoms in total. The predicted octanol–water partition coefficient (Wildman–Crippen LogP) is 15.4. The van der Waals surface area contributed by atoms with E-state index in [4.69, 9.17) is 15.8 Å². The van der Waals surface area contributed by atoms with Gasteiger partial charge in [-0.25, -0.2) is 4.98 Å². The fraction of sp³-hybridized carbons (Fsp3) is 0.203. The Morgan fingerprint density at radius 3 is 2.08 bits per heavy atom. The zero-order valence-electron chi connectivity index (χ0n) is 40.5. The molecule has 0 saturated carbocycles. The molecule has 6 aromatic carbocycles. The van der Waals surface area contributed by atoms with Gasteiger partial charge in [-0.3, -0.25) is 4.98 Å². The Hall–Kier alpha value is -6.24. The number of furan rings is 1. The summed E-state index contributed by atoms with van der Waals surface area (Å²) in [6.07, 6.45) is 1.98. The standard InChI is InChI=1S/C36H31N2.C23H25N2OSi.Ir/c1-24(2)31-22-30(29-20-25(3)19-26(4)21-29)23-32(27-13-7-5-8-14-27)35(31)38-34-18-12-11-17-33(34)37-36(38)28-15-9-6-10-16-28;1-14(2)18-12-20(24-13-22(18)27(4,5)6)16-8-10-21-19(11-16)17-9-7-15(3)25-23(17)26-21;/h5-15,17-24H,1-4H3;7,9-14H,1-6H3;/q2*-1;/i;14D;. The molecule has 333 valence electrons. The molecular weight excluding hydrogens is 1000 g/mol. The van der Waals surface area contributed by atoms with E-state index in [1.54, 1.807) is 0 Å². The van der Waals surface area contributed by atoms with E-state index in [1.807, 2.05) is 57.3 Å². The number of pyridine rings is 2. The maximum Gasteiger partial charge on any atom is 0.216 e. The van der Waals surface area contributed by atoms with Gasteiger partial charge >= 0.3 is 0 Å². The number of para-hydroxylation sites is 2. The zero-order valence-corrected chi connectivity index (χ0v) is 42.9. The van der Waals surface area contributed by atoms with Gasteiger partial charge in [0.15, 0.2) is 0 Å². The molecule has 0 spiro atoms. The largest absolute Gasteiger partial charge is 0.486 e. The molecule has 10 aromatic rings. The van der Waals surface area contributed by atoms with Crippen LogP contribution < -0.4 is 5.19 Å². The van der Waals surface area contributed by atoms with E-state index in [0.717, 1.165) is 61.3 Å². The summed E-state index contributed by atoms with van der Waals surface area (Å²) in [6.45, 7) is 21.6. The molecule has 0 unspecified atom stereocenters. The number of hydrogen-bond acceptors (Lipinski definition) is 4. The average molecular weight is 1060 g/mol. The molecule has 0 aliphatic heterocycles. The van der Waals surface area contributed by atoms with Gasteiger partial charge in [0, 0.05) is 50.0 Å². The number of aryl methyl sites for hydroxylation is 3. The van der Waals surface area contributed by atoms with Crippen molar-refractivity contribution in [3.05, 3.63) is 186 Å². The van der Waals surface area contributed by atoms with E-state index in [0.29, 0.717) is 11.6 Å². The normalized spacial score (nSPS) is 12.0. The Bertz CT molecular complexity index is 3380. The van der Waals surface area contributed by atoms with Crippen LogP contribution in [0.1, 0.15) is 68.8 Å². The molecule has 0 fully saturated rings. The summed E-state index contributed by atoms with van der Waals surface area (Å²) in [4.78, 5) is 14.4. The van der Waals surface area contributed by atoms with Crippen LogP contribution in [0.15, 0.2) is 150 Å². The van der Waals surface area contributed by atoms with Crippen LogP contribution in [-0.4, -0.2) is 27.6 Å². The number of hydrogen-bond donors (Lipinski definition) is 0. The fourth-order valence-corrected chi connectivity index (χ4v) is 10.5. The van der Waals surface area contributed by atoms with Crippen molar-refractivity contribution in [2.75, 3.05) is 0 Å². The van der Waals surface area contributed by atoms with Crippen LogP contribution in [0.3, 0.4) is 0 Å². The van der Waals surface area contributed by atoms with Crippen LogP contribution in [-0.2, 0) is 20.1 Å². The quantitative estimate of drug-likeness (QED) is 0.112. The van der Waals surface area contributed by atoms with Gasteiger partial charge < -0.3 is 14.0 Å². The third-order valence-corrected chi connectivity index (χ3v) is 14.1. The van der Waals surface area contributed by atoms with E-state index in [1.165, 1.54) is 49.8 Å². The molecule has 0 aliphatic carbocycles. The number of rotatable bonds is 8. The summed E-state index contributed by atoms with van der Waals surface area (Å²) < 4.78 is 16.9. The Balaban J connectivity index is 0.000000187. The van der Waals surface area contributed by atoms with E-state index in [9.17, 15) is 0 Å². The Morgan fingerprint density at radius 1 is 0.667 bits per heavy atom.